The zero-order valence-corrected chi connectivity index (χ0v) is 12.1. The summed E-state index contributed by atoms with van der Waals surface area (Å²) in [6, 6.07) is 7.75. The van der Waals surface area contributed by atoms with Gasteiger partial charge in [-0.1, -0.05) is 6.07 Å². The number of carbonyl (C=O) groups is 1. The first-order valence-corrected chi connectivity index (χ1v) is 6.60. The fourth-order valence-electron chi connectivity index (χ4n) is 2.52. The number of hydrogen-bond acceptors (Lipinski definition) is 3. The van der Waals surface area contributed by atoms with Gasteiger partial charge in [-0.25, -0.2) is 9.37 Å². The van der Waals surface area contributed by atoms with Crippen molar-refractivity contribution in [3.8, 4) is 16.9 Å². The summed E-state index contributed by atoms with van der Waals surface area (Å²) in [5.41, 5.74) is 7.65. The highest BCUT2D eigenvalue weighted by Gasteiger charge is 2.20. The Balaban J connectivity index is 2.40. The van der Waals surface area contributed by atoms with E-state index in [1.165, 1.54) is 13.2 Å². The van der Waals surface area contributed by atoms with Crippen LogP contribution in [0.2, 0.25) is 0 Å². The molecule has 112 valence electrons. The maximum Gasteiger partial charge on any atom is 0.249 e. The van der Waals surface area contributed by atoms with E-state index in [0.717, 1.165) is 5.52 Å². The zero-order chi connectivity index (χ0) is 15.9. The monoisotopic (exact) mass is 299 g/mol. The molecule has 2 aromatic carbocycles. The molecule has 0 aliphatic heterocycles. The Bertz CT molecular complexity index is 886. The van der Waals surface area contributed by atoms with Crippen LogP contribution in [0.5, 0.6) is 5.75 Å². The predicted octanol–water partition coefficient (Wildman–Crippen LogP) is 2.49. The van der Waals surface area contributed by atoms with E-state index in [4.69, 9.17) is 10.5 Å². The van der Waals surface area contributed by atoms with Crippen molar-refractivity contribution in [3.05, 3.63) is 48.0 Å². The molecule has 0 fully saturated rings. The molecule has 0 aliphatic rings. The van der Waals surface area contributed by atoms with Crippen molar-refractivity contribution >= 4 is 16.9 Å². The normalized spacial score (nSPS) is 10.9. The molecule has 3 aromatic rings. The van der Waals surface area contributed by atoms with Gasteiger partial charge in [-0.15, -0.1) is 0 Å². The first-order valence-electron chi connectivity index (χ1n) is 6.60. The summed E-state index contributed by atoms with van der Waals surface area (Å²) in [5.74, 6) is -0.793. The lowest BCUT2D eigenvalue weighted by Gasteiger charge is -2.13. The van der Waals surface area contributed by atoms with E-state index < -0.39 is 11.7 Å². The molecule has 0 spiro atoms. The molecule has 0 saturated heterocycles. The van der Waals surface area contributed by atoms with Crippen LogP contribution in [0, 0.1) is 5.82 Å². The Morgan fingerprint density at radius 2 is 2.14 bits per heavy atom. The number of nitrogens with zero attached hydrogens (tertiary/aromatic N) is 2. The summed E-state index contributed by atoms with van der Waals surface area (Å²) in [6.45, 7) is 0. The van der Waals surface area contributed by atoms with Crippen LogP contribution in [0.3, 0.4) is 0 Å². The average molecular weight is 299 g/mol. The van der Waals surface area contributed by atoms with E-state index in [1.807, 2.05) is 7.05 Å². The molecule has 1 aromatic heterocycles. The van der Waals surface area contributed by atoms with Crippen LogP contribution in [0.4, 0.5) is 4.39 Å². The number of primary amides is 1. The topological polar surface area (TPSA) is 70.1 Å². The van der Waals surface area contributed by atoms with Crippen LogP contribution >= 0.6 is 0 Å². The number of aromatic nitrogens is 2. The number of imidazole rings is 1. The van der Waals surface area contributed by atoms with Crippen LogP contribution in [0.1, 0.15) is 10.4 Å². The Morgan fingerprint density at radius 1 is 1.36 bits per heavy atom. The van der Waals surface area contributed by atoms with E-state index in [0.29, 0.717) is 16.8 Å². The maximum atomic E-state index is 14.3. The minimum atomic E-state index is -0.636. The fourth-order valence-corrected chi connectivity index (χ4v) is 2.52. The maximum absolute atomic E-state index is 14.3. The molecular weight excluding hydrogens is 285 g/mol. The summed E-state index contributed by atoms with van der Waals surface area (Å²) in [7, 11) is 3.25. The van der Waals surface area contributed by atoms with Gasteiger partial charge in [0.25, 0.3) is 0 Å². The minimum Gasteiger partial charge on any atom is -0.496 e. The number of aryl methyl sites for hydroxylation is 1. The zero-order valence-electron chi connectivity index (χ0n) is 12.1. The van der Waals surface area contributed by atoms with Crippen molar-refractivity contribution in [1.82, 2.24) is 9.55 Å². The smallest absolute Gasteiger partial charge is 0.249 e. The average Bonchev–Trinajstić information content (AvgIpc) is 2.86. The Hall–Kier alpha value is -2.89. The third-order valence-corrected chi connectivity index (χ3v) is 3.59. The third-order valence-electron chi connectivity index (χ3n) is 3.59. The quantitative estimate of drug-likeness (QED) is 0.807. The van der Waals surface area contributed by atoms with E-state index in [-0.39, 0.29) is 11.1 Å². The summed E-state index contributed by atoms with van der Waals surface area (Å²) < 4.78 is 21.3. The number of amides is 1. The molecule has 0 aliphatic carbocycles. The van der Waals surface area contributed by atoms with Crippen LogP contribution < -0.4 is 10.5 Å². The highest BCUT2D eigenvalue weighted by Crippen LogP contribution is 2.36. The molecule has 0 unspecified atom stereocenters. The highest BCUT2D eigenvalue weighted by atomic mass is 19.1. The molecule has 1 heterocycles. The SMILES string of the molecule is COc1cccc(F)c1-c1cc2ncn(C)c2cc1C(N)=O. The van der Waals surface area contributed by atoms with E-state index in [1.54, 1.807) is 35.2 Å². The molecule has 0 bridgehead atoms. The van der Waals surface area contributed by atoms with E-state index >= 15 is 0 Å². The minimum absolute atomic E-state index is 0.200. The Morgan fingerprint density at radius 3 is 2.82 bits per heavy atom. The van der Waals surface area contributed by atoms with E-state index in [2.05, 4.69) is 4.98 Å². The number of carbonyl (C=O) groups excluding carboxylic acids is 1. The summed E-state index contributed by atoms with van der Waals surface area (Å²) >= 11 is 0. The number of benzene rings is 2. The molecule has 3 rings (SSSR count). The molecule has 22 heavy (non-hydrogen) atoms. The van der Waals surface area contributed by atoms with E-state index in [9.17, 15) is 9.18 Å². The van der Waals surface area contributed by atoms with Crippen molar-refractivity contribution < 1.29 is 13.9 Å². The largest absolute Gasteiger partial charge is 0.496 e. The molecule has 5 nitrogen and oxygen atoms in total. The molecule has 0 radical (unpaired) electrons. The fraction of sp³-hybridized carbons (Fsp3) is 0.125. The van der Waals surface area contributed by atoms with Gasteiger partial charge < -0.3 is 15.0 Å². The molecule has 2 N–H and O–H groups in total. The number of fused-ring (bicyclic) bond motifs is 1. The van der Waals surface area contributed by atoms with Crippen molar-refractivity contribution in [2.75, 3.05) is 7.11 Å². The second kappa shape index (κ2) is 5.14. The lowest BCUT2D eigenvalue weighted by Crippen LogP contribution is -2.13. The summed E-state index contributed by atoms with van der Waals surface area (Å²) in [6.07, 6.45) is 1.62. The Labute approximate surface area is 126 Å². The molecule has 0 atom stereocenters. The van der Waals surface area contributed by atoms with Gasteiger partial charge in [0.15, 0.2) is 0 Å². The van der Waals surface area contributed by atoms with Crippen LogP contribution in [0.25, 0.3) is 22.2 Å². The number of ether oxygens (including phenoxy) is 1. The predicted molar refractivity (Wildman–Crippen MR) is 81.2 cm³/mol. The second-order valence-electron chi connectivity index (χ2n) is 4.92. The summed E-state index contributed by atoms with van der Waals surface area (Å²) in [5, 5.41) is 0. The van der Waals surface area contributed by atoms with Crippen molar-refractivity contribution in [3.63, 3.8) is 0 Å². The van der Waals surface area contributed by atoms with Crippen molar-refractivity contribution in [1.29, 1.82) is 0 Å². The van der Waals surface area contributed by atoms with Crippen LogP contribution in [0.15, 0.2) is 36.7 Å². The third kappa shape index (κ3) is 2.09. The van der Waals surface area contributed by atoms with Gasteiger partial charge in [-0.2, -0.15) is 0 Å². The van der Waals surface area contributed by atoms with Crippen LogP contribution in [-0.4, -0.2) is 22.6 Å². The lowest BCUT2D eigenvalue weighted by atomic mass is 9.97. The molecule has 0 saturated carbocycles. The van der Waals surface area contributed by atoms with Gasteiger partial charge in [0.05, 0.1) is 30.0 Å². The number of nitrogens with two attached hydrogens (primary N) is 1. The van der Waals surface area contributed by atoms with Gasteiger partial charge in [0, 0.05) is 18.2 Å². The highest BCUT2D eigenvalue weighted by molar-refractivity contribution is 6.04. The Kier molecular flexibility index (Phi) is 3.29. The van der Waals surface area contributed by atoms with Gasteiger partial charge in [-0.3, -0.25) is 4.79 Å². The standard InChI is InChI=1S/C16H14FN3O2/c1-20-8-19-12-6-9(10(16(18)21)7-13(12)20)15-11(17)4-3-5-14(15)22-2/h3-8H,1-2H3,(H2,18,21). The summed E-state index contributed by atoms with van der Waals surface area (Å²) in [4.78, 5) is 16.0. The number of methoxy groups -OCH3 is 1. The first kappa shape index (κ1) is 14.1. The first-order chi connectivity index (χ1) is 10.5. The van der Waals surface area contributed by atoms with Gasteiger partial charge in [-0.05, 0) is 24.3 Å². The van der Waals surface area contributed by atoms with Crippen molar-refractivity contribution in [2.45, 2.75) is 0 Å². The van der Waals surface area contributed by atoms with Gasteiger partial charge in [0.2, 0.25) is 5.91 Å². The second-order valence-corrected chi connectivity index (χ2v) is 4.92. The number of hydrogen-bond donors (Lipinski definition) is 1. The lowest BCUT2D eigenvalue weighted by molar-refractivity contribution is 0.100. The van der Waals surface area contributed by atoms with Gasteiger partial charge >= 0.3 is 0 Å². The van der Waals surface area contributed by atoms with Crippen LogP contribution in [-0.2, 0) is 7.05 Å². The molecule has 6 heteroatoms. The molecular formula is C16H14FN3O2. The van der Waals surface area contributed by atoms with Crippen molar-refractivity contribution in [2.24, 2.45) is 12.8 Å². The number of halogens is 1. The van der Waals surface area contributed by atoms with Gasteiger partial charge in [0.1, 0.15) is 11.6 Å². The molecule has 1 amide bonds. The number of rotatable bonds is 3.